The first-order valence-electron chi connectivity index (χ1n) is 23.0. The fourth-order valence-electron chi connectivity index (χ4n) is 16.1. The predicted molar refractivity (Wildman–Crippen MR) is 240 cm³/mol. The van der Waals surface area contributed by atoms with Gasteiger partial charge in [0.25, 0.3) is 0 Å². The number of ketones is 2. The Morgan fingerprint density at radius 2 is 1.00 bits per heavy atom. The van der Waals surface area contributed by atoms with Crippen molar-refractivity contribution in [3.8, 4) is 0 Å². The first-order valence-corrected chi connectivity index (χ1v) is 25.0. The minimum atomic E-state index is -0.589. The molecule has 0 amide bonds. The molecule has 13 heteroatoms. The molecule has 8 rings (SSSR count). The van der Waals surface area contributed by atoms with Crippen LogP contribution in [-0.2, 0) is 58.7 Å². The Balaban J connectivity index is 0.000000282. The number of Topliss-reactive ketones (excluding diaryl/α,β-unsaturated/α-hetero) is 2. The minimum Gasteiger partial charge on any atom is 0 e. The number of aliphatic hydroxyl groups is 2. The van der Waals surface area contributed by atoms with Crippen LogP contribution in [0.5, 0.6) is 0 Å². The van der Waals surface area contributed by atoms with E-state index >= 15 is 0 Å². The predicted octanol–water partition coefficient (Wildman–Crippen LogP) is 10.1. The molecule has 3 radical (unpaired) electrons. The number of ether oxygens (including phenoxy) is 2. The molecule has 331 valence electrons. The summed E-state index contributed by atoms with van der Waals surface area (Å²) in [6, 6.07) is 0. The average molecular weight is 1120 g/mol. The van der Waals surface area contributed by atoms with Crippen LogP contribution in [0.1, 0.15) is 150 Å². The normalized spacial score (nSPS) is 44.9. The van der Waals surface area contributed by atoms with Gasteiger partial charge in [0.2, 0.25) is 0 Å². The van der Waals surface area contributed by atoms with Crippen LogP contribution in [0.25, 0.3) is 0 Å². The largest absolute Gasteiger partial charge is 0 e. The third kappa shape index (κ3) is 11.4. The van der Waals surface area contributed by atoms with Crippen LogP contribution in [0.15, 0.2) is 0 Å². The molecule has 0 spiro atoms. The van der Waals surface area contributed by atoms with Gasteiger partial charge in [0.1, 0.15) is 11.6 Å². The van der Waals surface area contributed by atoms with Crippen LogP contribution >= 0.6 is 40.0 Å². The van der Waals surface area contributed by atoms with Gasteiger partial charge in [0.15, 0.2) is 0 Å². The van der Waals surface area contributed by atoms with Crippen LogP contribution in [0.3, 0.4) is 0 Å². The quantitative estimate of drug-likeness (QED) is 0.174. The minimum absolute atomic E-state index is 0. The molecule has 16 atom stereocenters. The topological polar surface area (TPSA) is 93.1 Å². The molecule has 0 aromatic rings. The molecule has 8 fully saturated rings. The van der Waals surface area contributed by atoms with Crippen molar-refractivity contribution in [2.24, 2.45) is 81.8 Å². The molecule has 0 unspecified atom stereocenters. The number of hydrogen-bond acceptors (Lipinski definition) is 8. The zero-order valence-corrected chi connectivity index (χ0v) is 44.5. The second-order valence-corrected chi connectivity index (χ2v) is 21.2. The Hall–Kier alpha value is 1.50. The van der Waals surface area contributed by atoms with Crippen LogP contribution in [0.4, 0.5) is 0 Å². The summed E-state index contributed by atoms with van der Waals surface area (Å²) in [5, 5.41) is 22.5. The fraction of sp³-hybridized carbons (Fsp3) is 0.957. The molecule has 0 bridgehead atoms. The van der Waals surface area contributed by atoms with E-state index in [9.17, 15) is 19.8 Å². The SMILES string of the molecule is CCOC[C@@]1(O)CC[C@H]2[C@@H](CC[C@@H]3[C@@H]2CC[C@]2(C)[C@@H](C(=O)CBr)CC[C@@H]32)C1.CCOC[C@@]1(O)CC[C@H]2[C@@H](CC[C@@H]3[C@@H]2CC[C@]2(C)[C@@H](C(C)=O)CC[C@@H]32)C1.[B]=S.[B]=S.[V].[W]. The van der Waals surface area contributed by atoms with Crippen molar-refractivity contribution in [2.45, 2.75) is 161 Å². The van der Waals surface area contributed by atoms with Gasteiger partial charge in [-0.2, -0.15) is 0 Å². The molecule has 2 N–H and O–H groups in total. The summed E-state index contributed by atoms with van der Waals surface area (Å²) in [5.74, 6) is 9.25. The molecule has 0 saturated heterocycles. The van der Waals surface area contributed by atoms with E-state index < -0.39 is 11.2 Å². The second-order valence-electron chi connectivity index (χ2n) is 20.6. The summed E-state index contributed by atoms with van der Waals surface area (Å²) in [6.45, 7) is 21.3. The Bertz CT molecular complexity index is 1380. The van der Waals surface area contributed by atoms with Gasteiger partial charge in [-0.05, 0) is 206 Å². The molecular weight excluding hydrogens is 1050 g/mol. The maximum atomic E-state index is 12.5. The molecule has 8 aliphatic rings. The third-order valence-electron chi connectivity index (χ3n) is 18.4. The number of fused-ring (bicyclic) bond motifs is 10. The van der Waals surface area contributed by atoms with E-state index in [1.165, 1.54) is 77.0 Å². The van der Waals surface area contributed by atoms with Crippen molar-refractivity contribution in [3.63, 3.8) is 0 Å². The maximum absolute atomic E-state index is 12.5. The Kier molecular flexibility index (Phi) is 22.1. The first-order chi connectivity index (χ1) is 27.3. The number of halogens is 1. The Morgan fingerprint density at radius 3 is 1.39 bits per heavy atom. The second kappa shape index (κ2) is 23.8. The molecule has 0 aliphatic heterocycles. The van der Waals surface area contributed by atoms with Crippen molar-refractivity contribution < 1.29 is 68.9 Å². The van der Waals surface area contributed by atoms with Crippen LogP contribution in [0, 0.1) is 81.8 Å². The molecular formula is C46H75B2BrO6S2VW. The van der Waals surface area contributed by atoms with Gasteiger partial charge in [0, 0.05) is 64.7 Å². The van der Waals surface area contributed by atoms with Crippen molar-refractivity contribution in [1.82, 2.24) is 0 Å². The van der Waals surface area contributed by atoms with Gasteiger partial charge in [-0.15, -0.1) is 0 Å². The summed E-state index contributed by atoms with van der Waals surface area (Å²) < 4.78 is 11.2. The molecule has 59 heavy (non-hydrogen) atoms. The summed E-state index contributed by atoms with van der Waals surface area (Å²) in [6.07, 6.45) is 21.1. The smallest absolute Gasteiger partial charge is 0 e. The van der Waals surface area contributed by atoms with Crippen molar-refractivity contribution in [3.05, 3.63) is 0 Å². The van der Waals surface area contributed by atoms with E-state index in [1.807, 2.05) is 20.8 Å². The average Bonchev–Trinajstić information content (AvgIpc) is 3.77. The van der Waals surface area contributed by atoms with Crippen molar-refractivity contribution in [1.29, 1.82) is 0 Å². The van der Waals surface area contributed by atoms with Crippen LogP contribution < -0.4 is 0 Å². The molecule has 0 aromatic heterocycles. The van der Waals surface area contributed by atoms with Crippen LogP contribution in [0.2, 0.25) is 0 Å². The number of carbonyl (C=O) groups is 2. The number of hydrogen-bond donors (Lipinski definition) is 2. The van der Waals surface area contributed by atoms with Gasteiger partial charge < -0.3 is 19.7 Å². The monoisotopic (exact) mass is 1120 g/mol. The van der Waals surface area contributed by atoms with Crippen LogP contribution in [-0.4, -0.2) is 78.2 Å². The summed E-state index contributed by atoms with van der Waals surface area (Å²) in [4.78, 5) is 24.7. The molecule has 0 aromatic carbocycles. The van der Waals surface area contributed by atoms with Gasteiger partial charge in [-0.1, -0.05) is 29.8 Å². The molecule has 0 heterocycles. The summed E-state index contributed by atoms with van der Waals surface area (Å²) >= 11 is 10.6. The van der Waals surface area contributed by atoms with E-state index in [-0.39, 0.29) is 56.4 Å². The molecule has 8 saturated carbocycles. The van der Waals surface area contributed by atoms with E-state index in [4.69, 9.17) is 9.47 Å². The summed E-state index contributed by atoms with van der Waals surface area (Å²) in [7, 11) is 0. The van der Waals surface area contributed by atoms with E-state index in [1.54, 1.807) is 0 Å². The Morgan fingerprint density at radius 1 is 0.610 bits per heavy atom. The molecule has 6 nitrogen and oxygen atoms in total. The van der Waals surface area contributed by atoms with E-state index in [2.05, 4.69) is 67.3 Å². The van der Waals surface area contributed by atoms with Crippen molar-refractivity contribution >= 4 is 65.1 Å². The van der Waals surface area contributed by atoms with Gasteiger partial charge in [-0.25, -0.2) is 0 Å². The zero-order valence-electron chi connectivity index (χ0n) is 36.9. The third-order valence-corrected chi connectivity index (χ3v) is 18.9. The zero-order chi connectivity index (χ0) is 41.8. The van der Waals surface area contributed by atoms with Crippen molar-refractivity contribution in [2.75, 3.05) is 31.8 Å². The number of carbonyl (C=O) groups excluding carboxylic acids is 2. The standard InChI is InChI=1S/C23H37BrO3.C23H38O3.2BS.V.W/c1-3-27-14-23(26)11-9-16-15(12-23)4-5-18-17(16)8-10-22(2)19(18)6-7-20(22)21(25)13-24;1-4-26-14-23(25)12-10-17-16(13-23)5-6-19-18(17)9-11-22(3)20(15(2)24)7-8-21(19)22;2*1-2;;/h15-20,26H,3-14H2,1-2H3;16-21,25H,4-14H2,1-3H3;;;;/t15-,16-,17+,18+,19-,20+,22-,23+;16-,17-,18+,19+,20+,21-,22+,23+;;;;/m00..../s1. The van der Waals surface area contributed by atoms with Gasteiger partial charge in [-0.3, -0.25) is 9.59 Å². The summed E-state index contributed by atoms with van der Waals surface area (Å²) in [5.41, 5.74) is -0.665. The maximum Gasteiger partial charge on any atom is 0 e. The van der Waals surface area contributed by atoms with Gasteiger partial charge >= 0.3 is 37.6 Å². The number of alkyl halides is 1. The fourth-order valence-corrected chi connectivity index (χ4v) is 16.5. The number of rotatable bonds is 9. The van der Waals surface area contributed by atoms with E-state index in [0.717, 1.165) is 85.9 Å². The van der Waals surface area contributed by atoms with E-state index in [0.29, 0.717) is 61.1 Å². The first kappa shape index (κ1) is 54.8. The Labute approximate surface area is 405 Å². The van der Waals surface area contributed by atoms with Gasteiger partial charge in [0.05, 0.1) is 29.7 Å². The molecule has 8 aliphatic carbocycles.